The Hall–Kier alpha value is -2.88. The van der Waals surface area contributed by atoms with Gasteiger partial charge in [0.05, 0.1) is 0 Å². The van der Waals surface area contributed by atoms with E-state index in [4.69, 9.17) is 0 Å². The second kappa shape index (κ2) is 8.01. The molecule has 0 aliphatic rings. The maximum absolute atomic E-state index is 9.98. The first-order valence-electron chi connectivity index (χ1n) is 9.68. The average Bonchev–Trinajstić information content (AvgIpc) is 2.77. The van der Waals surface area contributed by atoms with Gasteiger partial charge in [0.1, 0.15) is 0 Å². The molecule has 0 unspecified atom stereocenters. The number of rotatable bonds is 5. The van der Waals surface area contributed by atoms with Crippen LogP contribution in [-0.4, -0.2) is 20.0 Å². The predicted octanol–water partition coefficient (Wildman–Crippen LogP) is 1.88. The molecule has 4 aromatic rings. The molecule has 28 heavy (non-hydrogen) atoms. The standard InChI is InChI=1S/C25H23BOSi/c1-26(27)21-17-19-25(20-18-21)28(22-11-5-2-6-12-22,23-13-7-3-8-14-23)24-15-9-4-10-16-24/h2-20,27H,1H3. The molecule has 4 rings (SSSR count). The van der Waals surface area contributed by atoms with Crippen molar-refractivity contribution in [1.82, 2.24) is 0 Å². The largest absolute Gasteiger partial charge is 0.447 e. The fourth-order valence-electron chi connectivity index (χ4n) is 4.08. The van der Waals surface area contributed by atoms with Crippen LogP contribution in [0.1, 0.15) is 0 Å². The molecule has 0 aliphatic carbocycles. The minimum Gasteiger partial charge on any atom is -0.447 e. The summed E-state index contributed by atoms with van der Waals surface area (Å²) in [5.41, 5.74) is 0.945. The third kappa shape index (κ3) is 3.24. The monoisotopic (exact) mass is 378 g/mol. The quantitative estimate of drug-likeness (QED) is 0.415. The van der Waals surface area contributed by atoms with E-state index in [1.54, 1.807) is 0 Å². The maximum atomic E-state index is 9.98. The Morgan fingerprint density at radius 1 is 0.500 bits per heavy atom. The molecule has 0 amide bonds. The smallest absolute Gasteiger partial charge is 0.320 e. The van der Waals surface area contributed by atoms with Crippen LogP contribution in [0, 0.1) is 0 Å². The van der Waals surface area contributed by atoms with E-state index in [0.717, 1.165) is 5.46 Å². The van der Waals surface area contributed by atoms with E-state index < -0.39 is 15.0 Å². The van der Waals surface area contributed by atoms with Crippen molar-refractivity contribution < 1.29 is 5.02 Å². The summed E-state index contributed by atoms with van der Waals surface area (Å²) in [6, 6.07) is 41.1. The van der Waals surface area contributed by atoms with E-state index in [1.807, 2.05) is 6.82 Å². The Balaban J connectivity index is 2.07. The van der Waals surface area contributed by atoms with Gasteiger partial charge in [0.15, 0.2) is 8.07 Å². The molecule has 0 saturated heterocycles. The summed E-state index contributed by atoms with van der Waals surface area (Å²) in [7, 11) is -2.44. The molecular formula is C25H23BOSi. The van der Waals surface area contributed by atoms with E-state index in [-0.39, 0.29) is 0 Å². The number of hydrogen-bond acceptors (Lipinski definition) is 1. The summed E-state index contributed by atoms with van der Waals surface area (Å²) >= 11 is 0. The van der Waals surface area contributed by atoms with Crippen LogP contribution < -0.4 is 26.2 Å². The van der Waals surface area contributed by atoms with Crippen molar-refractivity contribution >= 4 is 41.2 Å². The van der Waals surface area contributed by atoms with Gasteiger partial charge in [0, 0.05) is 0 Å². The fraction of sp³-hybridized carbons (Fsp3) is 0.0400. The second-order valence-electron chi connectivity index (χ2n) is 7.15. The zero-order chi connectivity index (χ0) is 19.4. The Kier molecular flexibility index (Phi) is 5.29. The van der Waals surface area contributed by atoms with Gasteiger partial charge in [0.2, 0.25) is 0 Å². The highest BCUT2D eigenvalue weighted by atomic mass is 28.3. The third-order valence-electron chi connectivity index (χ3n) is 5.45. The van der Waals surface area contributed by atoms with Crippen LogP contribution in [-0.2, 0) is 0 Å². The van der Waals surface area contributed by atoms with Gasteiger partial charge < -0.3 is 5.02 Å². The zero-order valence-corrected chi connectivity index (χ0v) is 17.0. The molecular weight excluding hydrogens is 355 g/mol. The highest BCUT2D eigenvalue weighted by Gasteiger charge is 2.41. The molecule has 0 aliphatic heterocycles. The van der Waals surface area contributed by atoms with Crippen molar-refractivity contribution in [3.63, 3.8) is 0 Å². The Bertz CT molecular complexity index is 920. The zero-order valence-electron chi connectivity index (χ0n) is 16.0. The molecule has 1 nitrogen and oxygen atoms in total. The molecule has 0 bridgehead atoms. The van der Waals surface area contributed by atoms with Gasteiger partial charge in [-0.15, -0.1) is 0 Å². The van der Waals surface area contributed by atoms with Crippen molar-refractivity contribution in [1.29, 1.82) is 0 Å². The van der Waals surface area contributed by atoms with Gasteiger partial charge in [-0.3, -0.25) is 0 Å². The first-order valence-corrected chi connectivity index (χ1v) is 11.7. The minimum absolute atomic E-state index is 0.463. The maximum Gasteiger partial charge on any atom is 0.320 e. The van der Waals surface area contributed by atoms with Crippen molar-refractivity contribution in [2.24, 2.45) is 0 Å². The average molecular weight is 378 g/mol. The molecule has 0 atom stereocenters. The van der Waals surface area contributed by atoms with Crippen molar-refractivity contribution in [2.45, 2.75) is 6.82 Å². The normalized spacial score (nSPS) is 11.2. The molecule has 3 heteroatoms. The first-order chi connectivity index (χ1) is 13.7. The summed E-state index contributed by atoms with van der Waals surface area (Å²) in [6.07, 6.45) is 0. The van der Waals surface area contributed by atoms with Gasteiger partial charge in [-0.1, -0.05) is 122 Å². The molecule has 0 fully saturated rings. The van der Waals surface area contributed by atoms with E-state index in [2.05, 4.69) is 115 Å². The van der Waals surface area contributed by atoms with Crippen LogP contribution in [0.3, 0.4) is 0 Å². The lowest BCUT2D eigenvalue weighted by Gasteiger charge is -2.34. The summed E-state index contributed by atoms with van der Waals surface area (Å²) in [5, 5.41) is 15.4. The van der Waals surface area contributed by atoms with Gasteiger partial charge in [-0.25, -0.2) is 0 Å². The molecule has 0 spiro atoms. The summed E-state index contributed by atoms with van der Waals surface area (Å²) in [5.74, 6) is 0. The fourth-order valence-corrected chi connectivity index (χ4v) is 8.82. The van der Waals surface area contributed by atoms with E-state index >= 15 is 0 Å². The molecule has 0 saturated carbocycles. The highest BCUT2D eigenvalue weighted by molar-refractivity contribution is 7.19. The van der Waals surface area contributed by atoms with Crippen LogP contribution in [0.25, 0.3) is 0 Å². The molecule has 0 radical (unpaired) electrons. The first kappa shape index (κ1) is 18.5. The van der Waals surface area contributed by atoms with Crippen LogP contribution in [0.2, 0.25) is 6.82 Å². The third-order valence-corrected chi connectivity index (χ3v) is 10.2. The topological polar surface area (TPSA) is 20.2 Å². The molecule has 1 N–H and O–H groups in total. The van der Waals surface area contributed by atoms with E-state index in [9.17, 15) is 5.02 Å². The SMILES string of the molecule is CB(O)c1ccc([Si](c2ccccc2)(c2ccccc2)c2ccccc2)cc1. The summed E-state index contributed by atoms with van der Waals surface area (Å²) < 4.78 is 0. The summed E-state index contributed by atoms with van der Waals surface area (Å²) in [4.78, 5) is 0. The Morgan fingerprint density at radius 3 is 1.14 bits per heavy atom. The van der Waals surface area contributed by atoms with E-state index in [0.29, 0.717) is 0 Å². The number of benzene rings is 4. The molecule has 0 aromatic heterocycles. The van der Waals surface area contributed by atoms with Gasteiger partial charge >= 0.3 is 6.92 Å². The van der Waals surface area contributed by atoms with Crippen LogP contribution >= 0.6 is 0 Å². The van der Waals surface area contributed by atoms with Crippen LogP contribution in [0.5, 0.6) is 0 Å². The Labute approximate surface area is 168 Å². The van der Waals surface area contributed by atoms with Gasteiger partial charge in [-0.2, -0.15) is 0 Å². The summed E-state index contributed by atoms with van der Waals surface area (Å²) in [6.45, 7) is 1.35. The van der Waals surface area contributed by atoms with Gasteiger partial charge in [-0.05, 0) is 26.2 Å². The molecule has 136 valence electrons. The predicted molar refractivity (Wildman–Crippen MR) is 124 cm³/mol. The second-order valence-corrected chi connectivity index (χ2v) is 11.0. The van der Waals surface area contributed by atoms with E-state index in [1.165, 1.54) is 20.7 Å². The highest BCUT2D eigenvalue weighted by Crippen LogP contribution is 2.09. The van der Waals surface area contributed by atoms with Crippen molar-refractivity contribution in [2.75, 3.05) is 0 Å². The lowest BCUT2D eigenvalue weighted by Crippen LogP contribution is -2.74. The van der Waals surface area contributed by atoms with Gasteiger partial charge in [0.25, 0.3) is 0 Å². The molecule has 0 heterocycles. The van der Waals surface area contributed by atoms with Crippen molar-refractivity contribution in [3.05, 3.63) is 115 Å². The minimum atomic E-state index is -2.44. The lowest BCUT2D eigenvalue weighted by molar-refractivity contribution is 0.594. The lowest BCUT2D eigenvalue weighted by atomic mass is 9.64. The Morgan fingerprint density at radius 2 is 0.821 bits per heavy atom. The van der Waals surface area contributed by atoms with Crippen molar-refractivity contribution in [3.8, 4) is 0 Å². The van der Waals surface area contributed by atoms with Crippen LogP contribution in [0.4, 0.5) is 0 Å². The number of hydrogen-bond donors (Lipinski definition) is 1. The molecule has 4 aromatic carbocycles. The van der Waals surface area contributed by atoms with Crippen LogP contribution in [0.15, 0.2) is 115 Å².